The quantitative estimate of drug-likeness (QED) is 0.914. The van der Waals surface area contributed by atoms with Gasteiger partial charge < -0.3 is 14.8 Å². The number of hydrogen-bond donors (Lipinski definition) is 1. The summed E-state index contributed by atoms with van der Waals surface area (Å²) < 4.78 is 2.06. The zero-order valence-electron chi connectivity index (χ0n) is 14.2. The van der Waals surface area contributed by atoms with Crippen LogP contribution in [-0.2, 0) is 29.7 Å². The molecule has 1 aromatic carbocycles. The molecule has 24 heavy (non-hydrogen) atoms. The summed E-state index contributed by atoms with van der Waals surface area (Å²) in [5.74, 6) is -0.256. The fraction of sp³-hybridized carbons (Fsp3) is 0.368. The molecule has 0 unspecified atom stereocenters. The lowest BCUT2D eigenvalue weighted by atomic mass is 10.1. The topological polar surface area (TPSA) is 54.3 Å². The van der Waals surface area contributed by atoms with Crippen LogP contribution < -0.4 is 5.32 Å². The number of hydrogen-bond acceptors (Lipinski definition) is 2. The smallest absolute Gasteiger partial charge is 0.225 e. The third-order valence-electron chi connectivity index (χ3n) is 4.72. The van der Waals surface area contributed by atoms with Crippen LogP contribution in [0.4, 0.5) is 0 Å². The number of nitrogens with zero attached hydrogens (tertiary/aromatic N) is 2. The number of likely N-dealkylation sites (tertiary alicyclic amines) is 1. The summed E-state index contributed by atoms with van der Waals surface area (Å²) in [7, 11) is 1.98. The minimum absolute atomic E-state index is 0.0437. The van der Waals surface area contributed by atoms with Crippen LogP contribution in [0, 0.1) is 12.8 Å². The fourth-order valence-corrected chi connectivity index (χ4v) is 3.07. The largest absolute Gasteiger partial charge is 0.350 e. The van der Waals surface area contributed by atoms with Gasteiger partial charge in [-0.25, -0.2) is 0 Å². The number of benzene rings is 1. The van der Waals surface area contributed by atoms with E-state index >= 15 is 0 Å². The predicted octanol–water partition coefficient (Wildman–Crippen LogP) is 2.00. The molecule has 1 atom stereocenters. The third kappa shape index (κ3) is 3.50. The van der Waals surface area contributed by atoms with Crippen molar-refractivity contribution < 1.29 is 9.59 Å². The van der Waals surface area contributed by atoms with Crippen LogP contribution in [0.5, 0.6) is 0 Å². The molecule has 1 aromatic heterocycles. The molecule has 0 saturated carbocycles. The lowest BCUT2D eigenvalue weighted by molar-refractivity contribution is -0.129. The van der Waals surface area contributed by atoms with Crippen molar-refractivity contribution in [3.63, 3.8) is 0 Å². The van der Waals surface area contributed by atoms with Gasteiger partial charge >= 0.3 is 0 Å². The maximum absolute atomic E-state index is 12.4. The molecular formula is C19H23N3O2. The Hall–Kier alpha value is -2.56. The number of aromatic nitrogens is 1. The van der Waals surface area contributed by atoms with Gasteiger partial charge in [-0.15, -0.1) is 0 Å². The summed E-state index contributed by atoms with van der Waals surface area (Å²) >= 11 is 0. The molecule has 3 rings (SSSR count). The van der Waals surface area contributed by atoms with E-state index in [0.717, 1.165) is 17.0 Å². The van der Waals surface area contributed by atoms with Crippen molar-refractivity contribution in [3.8, 4) is 0 Å². The van der Waals surface area contributed by atoms with Crippen molar-refractivity contribution >= 4 is 11.8 Å². The van der Waals surface area contributed by atoms with Crippen molar-refractivity contribution in [2.24, 2.45) is 13.0 Å². The summed E-state index contributed by atoms with van der Waals surface area (Å²) in [6, 6.07) is 13.9. The molecule has 1 fully saturated rings. The standard InChI is InChI=1S/C19H23N3O2/c1-14-8-9-17(21(14)2)11-20-19(24)16-10-18(23)22(13-16)12-15-6-4-3-5-7-15/h3-9,16H,10-13H2,1-2H3,(H,20,24)/t16-/m0/s1. The number of rotatable bonds is 5. The molecule has 1 aliphatic heterocycles. The van der Waals surface area contributed by atoms with Gasteiger partial charge in [-0.05, 0) is 24.6 Å². The molecule has 0 spiro atoms. The lowest BCUT2D eigenvalue weighted by Gasteiger charge is -2.16. The molecule has 2 heterocycles. The van der Waals surface area contributed by atoms with Gasteiger partial charge in [0.25, 0.3) is 0 Å². The number of aryl methyl sites for hydroxylation is 1. The molecular weight excluding hydrogens is 302 g/mol. The SMILES string of the molecule is Cc1ccc(CNC(=O)[C@H]2CC(=O)N(Cc3ccccc3)C2)n1C. The van der Waals surface area contributed by atoms with Crippen molar-refractivity contribution in [3.05, 3.63) is 59.4 Å². The Bertz CT molecular complexity index is 736. The summed E-state index contributed by atoms with van der Waals surface area (Å²) in [4.78, 5) is 26.3. The highest BCUT2D eigenvalue weighted by atomic mass is 16.2. The fourth-order valence-electron chi connectivity index (χ4n) is 3.07. The Morgan fingerprint density at radius 1 is 1.21 bits per heavy atom. The Morgan fingerprint density at radius 3 is 2.62 bits per heavy atom. The van der Waals surface area contributed by atoms with E-state index in [1.807, 2.05) is 56.4 Å². The Balaban J connectivity index is 1.55. The van der Waals surface area contributed by atoms with Crippen molar-refractivity contribution in [2.75, 3.05) is 6.54 Å². The average Bonchev–Trinajstić information content (AvgIpc) is 3.10. The van der Waals surface area contributed by atoms with Crippen LogP contribution in [-0.4, -0.2) is 27.8 Å². The third-order valence-corrected chi connectivity index (χ3v) is 4.72. The molecule has 5 heteroatoms. The average molecular weight is 325 g/mol. The molecule has 2 amide bonds. The summed E-state index contributed by atoms with van der Waals surface area (Å²) in [5, 5.41) is 2.96. The van der Waals surface area contributed by atoms with E-state index in [9.17, 15) is 9.59 Å². The first-order valence-electron chi connectivity index (χ1n) is 8.25. The van der Waals surface area contributed by atoms with E-state index in [1.54, 1.807) is 4.90 Å². The maximum atomic E-state index is 12.4. The van der Waals surface area contributed by atoms with Gasteiger partial charge in [0.1, 0.15) is 0 Å². The zero-order chi connectivity index (χ0) is 17.1. The van der Waals surface area contributed by atoms with Crippen molar-refractivity contribution in [1.82, 2.24) is 14.8 Å². The number of carbonyl (C=O) groups is 2. The van der Waals surface area contributed by atoms with Crippen LogP contribution in [0.25, 0.3) is 0 Å². The summed E-state index contributed by atoms with van der Waals surface area (Å²) in [6.45, 7) is 3.58. The second kappa shape index (κ2) is 6.91. The molecule has 1 saturated heterocycles. The number of amides is 2. The molecule has 0 aliphatic carbocycles. The Morgan fingerprint density at radius 2 is 1.96 bits per heavy atom. The molecule has 1 N–H and O–H groups in total. The second-order valence-electron chi connectivity index (χ2n) is 6.40. The molecule has 0 bridgehead atoms. The Labute approximate surface area is 142 Å². The van der Waals surface area contributed by atoms with Gasteiger partial charge in [0.05, 0.1) is 12.5 Å². The first-order valence-corrected chi connectivity index (χ1v) is 8.25. The number of carbonyl (C=O) groups excluding carboxylic acids is 2. The van der Waals surface area contributed by atoms with E-state index < -0.39 is 0 Å². The van der Waals surface area contributed by atoms with Crippen LogP contribution in [0.15, 0.2) is 42.5 Å². The first-order chi connectivity index (χ1) is 11.5. The van der Waals surface area contributed by atoms with E-state index in [4.69, 9.17) is 0 Å². The van der Waals surface area contributed by atoms with Crippen molar-refractivity contribution in [1.29, 1.82) is 0 Å². The molecule has 1 aliphatic rings. The highest BCUT2D eigenvalue weighted by Gasteiger charge is 2.34. The molecule has 126 valence electrons. The van der Waals surface area contributed by atoms with Gasteiger partial charge in [-0.1, -0.05) is 30.3 Å². The van der Waals surface area contributed by atoms with Gasteiger partial charge in [0.2, 0.25) is 11.8 Å². The van der Waals surface area contributed by atoms with Crippen LogP contribution >= 0.6 is 0 Å². The molecule has 2 aromatic rings. The van der Waals surface area contributed by atoms with Crippen LogP contribution in [0.3, 0.4) is 0 Å². The monoisotopic (exact) mass is 325 g/mol. The normalized spacial score (nSPS) is 17.3. The highest BCUT2D eigenvalue weighted by Crippen LogP contribution is 2.20. The second-order valence-corrected chi connectivity index (χ2v) is 6.40. The van der Waals surface area contributed by atoms with E-state index in [0.29, 0.717) is 26.1 Å². The summed E-state index contributed by atoms with van der Waals surface area (Å²) in [6.07, 6.45) is 0.296. The molecule has 0 radical (unpaired) electrons. The van der Waals surface area contributed by atoms with E-state index in [-0.39, 0.29) is 17.7 Å². The zero-order valence-corrected chi connectivity index (χ0v) is 14.2. The minimum Gasteiger partial charge on any atom is -0.350 e. The van der Waals surface area contributed by atoms with Gasteiger partial charge in [-0.3, -0.25) is 9.59 Å². The number of nitrogens with one attached hydrogen (secondary N) is 1. The highest BCUT2D eigenvalue weighted by molar-refractivity contribution is 5.89. The van der Waals surface area contributed by atoms with Gasteiger partial charge in [0.15, 0.2) is 0 Å². The predicted molar refractivity (Wildman–Crippen MR) is 92.0 cm³/mol. The maximum Gasteiger partial charge on any atom is 0.225 e. The summed E-state index contributed by atoms with van der Waals surface area (Å²) in [5.41, 5.74) is 3.31. The molecule has 5 nitrogen and oxygen atoms in total. The lowest BCUT2D eigenvalue weighted by Crippen LogP contribution is -2.33. The van der Waals surface area contributed by atoms with Gasteiger partial charge in [0, 0.05) is 37.9 Å². The van der Waals surface area contributed by atoms with Crippen molar-refractivity contribution in [2.45, 2.75) is 26.4 Å². The Kier molecular flexibility index (Phi) is 4.69. The van der Waals surface area contributed by atoms with Crippen LogP contribution in [0.2, 0.25) is 0 Å². The van der Waals surface area contributed by atoms with Crippen LogP contribution in [0.1, 0.15) is 23.4 Å². The minimum atomic E-state index is -0.262. The van der Waals surface area contributed by atoms with Gasteiger partial charge in [-0.2, -0.15) is 0 Å². The van der Waals surface area contributed by atoms with E-state index in [1.165, 1.54) is 0 Å². The van der Waals surface area contributed by atoms with E-state index in [2.05, 4.69) is 9.88 Å². The first kappa shape index (κ1) is 16.3.